The Balaban J connectivity index is 3.02. The van der Waals surface area contributed by atoms with E-state index in [-0.39, 0.29) is 0 Å². The molecule has 1 rings (SSSR count). The van der Waals surface area contributed by atoms with Crippen molar-refractivity contribution in [3.05, 3.63) is 35.9 Å². The smallest absolute Gasteiger partial charge is 0.247 e. The Hall–Kier alpha value is -1.53. The summed E-state index contributed by atoms with van der Waals surface area (Å²) in [5, 5.41) is 2.77. The van der Waals surface area contributed by atoms with Crippen LogP contribution in [-0.2, 0) is 14.8 Å². The number of sulfonamides is 1. The molecule has 1 aromatic carbocycles. The van der Waals surface area contributed by atoms with Gasteiger partial charge >= 0.3 is 0 Å². The zero-order valence-corrected chi connectivity index (χ0v) is 10.6. The van der Waals surface area contributed by atoms with Gasteiger partial charge in [0.1, 0.15) is 0 Å². The lowest BCUT2D eigenvalue weighted by atomic mass is 10.3. The van der Waals surface area contributed by atoms with Crippen molar-refractivity contribution < 1.29 is 13.2 Å². The van der Waals surface area contributed by atoms with Crippen LogP contribution in [0.4, 0.5) is 11.4 Å². The van der Waals surface area contributed by atoms with E-state index < -0.39 is 15.9 Å². The summed E-state index contributed by atoms with van der Waals surface area (Å²) < 4.78 is 24.3. The zero-order valence-electron chi connectivity index (χ0n) is 9.03. The number of carbonyl (C=O) groups is 1. The number of rotatable bonds is 4. The van der Waals surface area contributed by atoms with Gasteiger partial charge in [-0.05, 0) is 24.3 Å². The van der Waals surface area contributed by atoms with E-state index in [0.29, 0.717) is 16.4 Å². The largest absolute Gasteiger partial charge is 0.321 e. The highest BCUT2D eigenvalue weighted by molar-refractivity contribution is 7.92. The van der Waals surface area contributed by atoms with E-state index in [2.05, 4.69) is 16.6 Å². The standard InChI is InChI=1S/C10H11ClN2O3S/c1-3-10(14)12-9-6-7(4-5-8(9)11)13-17(2,15)16/h3-6,13H,1H2,2H3,(H,12,14). The van der Waals surface area contributed by atoms with Gasteiger partial charge in [0.05, 0.1) is 22.7 Å². The summed E-state index contributed by atoms with van der Waals surface area (Å²) in [7, 11) is -3.37. The molecule has 0 spiro atoms. The van der Waals surface area contributed by atoms with Gasteiger partial charge in [0, 0.05) is 0 Å². The number of hydrogen-bond donors (Lipinski definition) is 2. The van der Waals surface area contributed by atoms with Crippen molar-refractivity contribution in [2.75, 3.05) is 16.3 Å². The summed E-state index contributed by atoms with van der Waals surface area (Å²) in [5.74, 6) is -0.427. The third kappa shape index (κ3) is 4.46. The molecule has 1 aromatic rings. The second kappa shape index (κ2) is 5.20. The molecule has 7 heteroatoms. The lowest BCUT2D eigenvalue weighted by molar-refractivity contribution is -0.111. The van der Waals surface area contributed by atoms with E-state index in [1.165, 1.54) is 18.2 Å². The average Bonchev–Trinajstić information content (AvgIpc) is 2.20. The minimum absolute atomic E-state index is 0.305. The molecule has 0 aliphatic carbocycles. The molecule has 92 valence electrons. The maximum absolute atomic E-state index is 11.1. The van der Waals surface area contributed by atoms with Crippen molar-refractivity contribution in [3.63, 3.8) is 0 Å². The van der Waals surface area contributed by atoms with Crippen molar-refractivity contribution in [2.24, 2.45) is 0 Å². The number of amides is 1. The number of hydrogen-bond acceptors (Lipinski definition) is 3. The third-order valence-electron chi connectivity index (χ3n) is 1.71. The molecule has 0 bridgehead atoms. The zero-order chi connectivity index (χ0) is 13.1. The van der Waals surface area contributed by atoms with Crippen LogP contribution in [0, 0.1) is 0 Å². The van der Waals surface area contributed by atoms with Gasteiger partial charge < -0.3 is 5.32 Å². The third-order valence-corrected chi connectivity index (χ3v) is 2.65. The number of benzene rings is 1. The number of nitrogens with one attached hydrogen (secondary N) is 2. The summed E-state index contributed by atoms with van der Waals surface area (Å²) >= 11 is 5.84. The van der Waals surface area contributed by atoms with E-state index in [4.69, 9.17) is 11.6 Å². The fourth-order valence-electron chi connectivity index (χ4n) is 1.08. The molecule has 0 aliphatic rings. The Labute approximate surface area is 105 Å². The quantitative estimate of drug-likeness (QED) is 0.823. The van der Waals surface area contributed by atoms with Gasteiger partial charge in [-0.1, -0.05) is 18.2 Å². The molecule has 0 aromatic heterocycles. The van der Waals surface area contributed by atoms with Gasteiger partial charge in [0.25, 0.3) is 0 Å². The van der Waals surface area contributed by atoms with Crippen LogP contribution in [0.15, 0.2) is 30.9 Å². The van der Waals surface area contributed by atoms with Crippen molar-refractivity contribution >= 4 is 38.9 Å². The Morgan fingerprint density at radius 2 is 2.12 bits per heavy atom. The molecule has 2 N–H and O–H groups in total. The van der Waals surface area contributed by atoms with Crippen molar-refractivity contribution in [1.29, 1.82) is 0 Å². The first-order valence-electron chi connectivity index (χ1n) is 4.52. The normalized spacial score (nSPS) is 10.7. The Morgan fingerprint density at radius 1 is 1.47 bits per heavy atom. The van der Waals surface area contributed by atoms with Crippen LogP contribution >= 0.6 is 11.6 Å². The maximum Gasteiger partial charge on any atom is 0.247 e. The lowest BCUT2D eigenvalue weighted by Crippen LogP contribution is -2.11. The Bertz CT molecular complexity index is 555. The van der Waals surface area contributed by atoms with Gasteiger partial charge in [-0.15, -0.1) is 0 Å². The molecule has 0 radical (unpaired) electrons. The molecule has 0 fully saturated rings. The van der Waals surface area contributed by atoms with Gasteiger partial charge in [0.15, 0.2) is 0 Å². The molecule has 0 unspecified atom stereocenters. The van der Waals surface area contributed by atoms with Crippen LogP contribution < -0.4 is 10.0 Å². The average molecular weight is 275 g/mol. The lowest BCUT2D eigenvalue weighted by Gasteiger charge is -2.08. The molecule has 0 atom stereocenters. The van der Waals surface area contributed by atoms with Crippen molar-refractivity contribution in [3.8, 4) is 0 Å². The number of halogens is 1. The Kier molecular flexibility index (Phi) is 4.14. The maximum atomic E-state index is 11.1. The van der Waals surface area contributed by atoms with Crippen LogP contribution in [0.3, 0.4) is 0 Å². The summed E-state index contributed by atoms with van der Waals surface area (Å²) in [6.07, 6.45) is 2.12. The highest BCUT2D eigenvalue weighted by atomic mass is 35.5. The molecule has 0 saturated heterocycles. The van der Waals surface area contributed by atoms with Crippen LogP contribution in [0.1, 0.15) is 0 Å². The number of carbonyl (C=O) groups excluding carboxylic acids is 1. The first-order chi connectivity index (χ1) is 7.81. The van der Waals surface area contributed by atoms with E-state index in [9.17, 15) is 13.2 Å². The minimum atomic E-state index is -3.37. The van der Waals surface area contributed by atoms with Crippen molar-refractivity contribution in [2.45, 2.75) is 0 Å². The van der Waals surface area contributed by atoms with E-state index in [0.717, 1.165) is 12.3 Å². The van der Waals surface area contributed by atoms with Gasteiger partial charge in [-0.25, -0.2) is 8.42 Å². The number of anilines is 2. The van der Waals surface area contributed by atoms with Gasteiger partial charge in [-0.3, -0.25) is 9.52 Å². The molecule has 0 saturated carbocycles. The second-order valence-corrected chi connectivity index (χ2v) is 5.42. The Morgan fingerprint density at radius 3 is 2.65 bits per heavy atom. The predicted molar refractivity (Wildman–Crippen MR) is 68.7 cm³/mol. The monoisotopic (exact) mass is 274 g/mol. The fourth-order valence-corrected chi connectivity index (χ4v) is 1.80. The summed E-state index contributed by atoms with van der Waals surface area (Å²) in [5.41, 5.74) is 0.626. The molecular weight excluding hydrogens is 264 g/mol. The predicted octanol–water partition coefficient (Wildman–Crippen LogP) is 1.84. The van der Waals surface area contributed by atoms with E-state index in [1.807, 2.05) is 0 Å². The summed E-state index contributed by atoms with van der Waals surface area (Å²) in [4.78, 5) is 11.1. The fraction of sp³-hybridized carbons (Fsp3) is 0.100. The minimum Gasteiger partial charge on any atom is -0.321 e. The highest BCUT2D eigenvalue weighted by Gasteiger charge is 2.07. The van der Waals surface area contributed by atoms with Crippen LogP contribution in [0.2, 0.25) is 5.02 Å². The highest BCUT2D eigenvalue weighted by Crippen LogP contribution is 2.25. The first kappa shape index (κ1) is 13.5. The first-order valence-corrected chi connectivity index (χ1v) is 6.79. The molecule has 0 heterocycles. The van der Waals surface area contributed by atoms with Crippen LogP contribution in [-0.4, -0.2) is 20.6 Å². The molecular formula is C10H11ClN2O3S. The topological polar surface area (TPSA) is 75.3 Å². The SMILES string of the molecule is C=CC(=O)Nc1cc(NS(C)(=O)=O)ccc1Cl. The summed E-state index contributed by atoms with van der Waals surface area (Å²) in [6, 6.07) is 4.39. The van der Waals surface area contributed by atoms with Gasteiger partial charge in [-0.2, -0.15) is 0 Å². The second-order valence-electron chi connectivity index (χ2n) is 3.26. The van der Waals surface area contributed by atoms with E-state index >= 15 is 0 Å². The molecule has 17 heavy (non-hydrogen) atoms. The summed E-state index contributed by atoms with van der Waals surface area (Å²) in [6.45, 7) is 3.30. The van der Waals surface area contributed by atoms with Crippen LogP contribution in [0.25, 0.3) is 0 Å². The van der Waals surface area contributed by atoms with E-state index in [1.54, 1.807) is 0 Å². The molecule has 5 nitrogen and oxygen atoms in total. The molecule has 0 aliphatic heterocycles. The van der Waals surface area contributed by atoms with Crippen LogP contribution in [0.5, 0.6) is 0 Å². The van der Waals surface area contributed by atoms with Gasteiger partial charge in [0.2, 0.25) is 15.9 Å². The molecule has 1 amide bonds. The van der Waals surface area contributed by atoms with Crippen molar-refractivity contribution in [1.82, 2.24) is 0 Å².